The Hall–Kier alpha value is -0.930. The average molecular weight is 731 g/mol. The molecule has 1 aliphatic carbocycles. The van der Waals surface area contributed by atoms with Crippen LogP contribution in [0.3, 0.4) is 0 Å². The normalized spacial score (nSPS) is 48.3. The van der Waals surface area contributed by atoms with Crippen LogP contribution in [-0.2, 0) is 38.8 Å². The highest BCUT2D eigenvalue weighted by Crippen LogP contribution is 2.34. The molecule has 3 saturated heterocycles. The van der Waals surface area contributed by atoms with Gasteiger partial charge in [-0.2, -0.15) is 8.42 Å². The summed E-state index contributed by atoms with van der Waals surface area (Å²) >= 11 is 0. The van der Waals surface area contributed by atoms with Crippen molar-refractivity contribution in [1.29, 1.82) is 0 Å². The Morgan fingerprint density at radius 1 is 0.583 bits per heavy atom. The molecule has 25 heteroatoms. The third kappa shape index (κ3) is 10.1. The van der Waals surface area contributed by atoms with Crippen LogP contribution < -0.4 is 34.4 Å². The SMILES string of the molecule is NC[C@@H]1O[C@H](O[C@H]2[C@@H](O)[C@H](O[C@@H]3[C@@H](O)[C@H](N)C[C@H](N)[C@H]3O[C@H]3O[C@H](CN)[C@@H](O)[C@H](O)[C@H]3N)O[C@@H]2CO)[C@H](N)[C@@H](O)[C@@H]1O.O.O=S(=O)(O)O. The van der Waals surface area contributed by atoms with E-state index in [0.717, 1.165) is 0 Å². The van der Waals surface area contributed by atoms with Gasteiger partial charge < -0.3 is 104 Å². The second-order valence-corrected chi connectivity index (χ2v) is 12.6. The maximum atomic E-state index is 11.1. The van der Waals surface area contributed by atoms with Crippen molar-refractivity contribution in [3.63, 3.8) is 0 Å². The second kappa shape index (κ2) is 18.0. The molecule has 0 spiro atoms. The second-order valence-electron chi connectivity index (χ2n) is 11.7. The van der Waals surface area contributed by atoms with E-state index in [9.17, 15) is 35.7 Å². The minimum absolute atomic E-state index is 0. The van der Waals surface area contributed by atoms with Gasteiger partial charge in [0.15, 0.2) is 18.9 Å². The molecule has 0 aromatic heterocycles. The molecule has 23 N–H and O–H groups in total. The number of rotatable bonds is 9. The summed E-state index contributed by atoms with van der Waals surface area (Å²) in [5, 5.41) is 73.0. The van der Waals surface area contributed by atoms with Crippen LogP contribution >= 0.6 is 0 Å². The summed E-state index contributed by atoms with van der Waals surface area (Å²) < 4.78 is 66.2. The number of ether oxygens (including phenoxy) is 6. The maximum absolute atomic E-state index is 11.1. The first-order valence-corrected chi connectivity index (χ1v) is 16.0. The van der Waals surface area contributed by atoms with Crippen LogP contribution in [0.2, 0.25) is 0 Å². The lowest BCUT2D eigenvalue weighted by Gasteiger charge is -2.47. The molecule has 0 unspecified atom stereocenters. The molecule has 19 atom stereocenters. The zero-order valence-electron chi connectivity index (χ0n) is 25.5. The average Bonchev–Trinajstić information content (AvgIpc) is 3.30. The highest BCUT2D eigenvalue weighted by Gasteiger charge is 2.54. The number of hydrogen-bond acceptors (Lipinski definition) is 21. The fourth-order valence-corrected chi connectivity index (χ4v) is 5.74. The van der Waals surface area contributed by atoms with Gasteiger partial charge in [0.1, 0.15) is 67.1 Å². The van der Waals surface area contributed by atoms with E-state index in [-0.39, 0.29) is 25.0 Å². The topological polar surface area (TPSA) is 459 Å². The lowest BCUT2D eigenvalue weighted by atomic mass is 9.84. The van der Waals surface area contributed by atoms with Gasteiger partial charge in [-0.3, -0.25) is 9.11 Å². The van der Waals surface area contributed by atoms with Crippen LogP contribution in [0.5, 0.6) is 0 Å². The summed E-state index contributed by atoms with van der Waals surface area (Å²) in [5.74, 6) is 0. The van der Waals surface area contributed by atoms with E-state index in [1.165, 1.54) is 0 Å². The fraction of sp³-hybridized carbons (Fsp3) is 1.00. The molecular formula is C23H50N6O18S. The molecule has 0 radical (unpaired) electrons. The Morgan fingerprint density at radius 3 is 1.40 bits per heavy atom. The Balaban J connectivity index is 0.00000124. The lowest BCUT2D eigenvalue weighted by molar-refractivity contribution is -0.306. The van der Waals surface area contributed by atoms with Crippen LogP contribution in [0.1, 0.15) is 6.42 Å². The molecule has 0 amide bonds. The van der Waals surface area contributed by atoms with Crippen LogP contribution in [0.15, 0.2) is 0 Å². The highest BCUT2D eigenvalue weighted by molar-refractivity contribution is 7.79. The van der Waals surface area contributed by atoms with Crippen LogP contribution in [-0.4, -0.2) is 195 Å². The number of nitrogens with two attached hydrogens (primary N) is 6. The molecule has 0 aromatic carbocycles. The van der Waals surface area contributed by atoms with Crippen molar-refractivity contribution in [1.82, 2.24) is 0 Å². The number of aliphatic hydroxyl groups excluding tert-OH is 7. The van der Waals surface area contributed by atoms with Gasteiger partial charge in [0, 0.05) is 25.2 Å². The van der Waals surface area contributed by atoms with Gasteiger partial charge in [-0.25, -0.2) is 0 Å². The standard InChI is InChI=1S/C23H46N6O13.H2O4S.H2O/c24-2-7-13(32)15(34)10(28)21(37-7)40-18-6(27)1-5(26)12(31)20(18)42-23-17(36)19(9(4-30)39-23)41-22-11(29)16(35)14(33)8(3-25)38-22;1-5(2,3)4;/h5-23,30-36H,1-4,24-29H2;(H2,1,2,3,4);1H2/t5-,6+,7-,8+,9-,10-,11-,12+,13-,14-,15-,16-,17-,18-,19-,20-,21-,22-,23+;;/m1../s1. The number of aliphatic hydroxyl groups is 7. The molecule has 48 heavy (non-hydrogen) atoms. The smallest absolute Gasteiger partial charge is 0.394 e. The van der Waals surface area contributed by atoms with Gasteiger partial charge in [-0.1, -0.05) is 0 Å². The first-order valence-electron chi connectivity index (χ1n) is 14.6. The minimum Gasteiger partial charge on any atom is -0.412 e. The van der Waals surface area contributed by atoms with Crippen molar-refractivity contribution in [3.8, 4) is 0 Å². The zero-order chi connectivity index (χ0) is 35.5. The minimum atomic E-state index is -4.67. The molecular weight excluding hydrogens is 680 g/mol. The van der Waals surface area contributed by atoms with Gasteiger partial charge in [0.05, 0.1) is 24.8 Å². The molecule has 4 aliphatic rings. The van der Waals surface area contributed by atoms with Gasteiger partial charge in [-0.15, -0.1) is 0 Å². The Kier molecular flexibility index (Phi) is 16.2. The summed E-state index contributed by atoms with van der Waals surface area (Å²) in [6.45, 7) is -0.967. The van der Waals surface area contributed by atoms with E-state index in [4.69, 9.17) is 80.3 Å². The number of hydrogen-bond donors (Lipinski definition) is 15. The van der Waals surface area contributed by atoms with Crippen molar-refractivity contribution in [3.05, 3.63) is 0 Å². The summed E-state index contributed by atoms with van der Waals surface area (Å²) in [6, 6.07) is -4.18. The van der Waals surface area contributed by atoms with Gasteiger partial charge >= 0.3 is 10.4 Å². The van der Waals surface area contributed by atoms with Crippen molar-refractivity contribution in [2.24, 2.45) is 34.4 Å². The van der Waals surface area contributed by atoms with Crippen molar-refractivity contribution in [2.45, 2.75) is 123 Å². The van der Waals surface area contributed by atoms with E-state index in [1.54, 1.807) is 0 Å². The molecule has 286 valence electrons. The molecule has 3 aliphatic heterocycles. The maximum Gasteiger partial charge on any atom is 0.394 e. The molecule has 24 nitrogen and oxygen atoms in total. The van der Waals surface area contributed by atoms with Crippen molar-refractivity contribution in [2.75, 3.05) is 19.7 Å². The van der Waals surface area contributed by atoms with E-state index >= 15 is 0 Å². The summed E-state index contributed by atoms with van der Waals surface area (Å²) in [7, 11) is -4.67. The summed E-state index contributed by atoms with van der Waals surface area (Å²) in [5.41, 5.74) is 35.6. The third-order valence-corrected chi connectivity index (χ3v) is 8.37. The van der Waals surface area contributed by atoms with Crippen LogP contribution in [0.25, 0.3) is 0 Å². The predicted molar refractivity (Wildman–Crippen MR) is 156 cm³/mol. The van der Waals surface area contributed by atoms with E-state index in [2.05, 4.69) is 0 Å². The zero-order valence-corrected chi connectivity index (χ0v) is 26.3. The van der Waals surface area contributed by atoms with Gasteiger partial charge in [0.2, 0.25) is 0 Å². The molecule has 0 bridgehead atoms. The summed E-state index contributed by atoms with van der Waals surface area (Å²) in [4.78, 5) is 0. The van der Waals surface area contributed by atoms with Crippen LogP contribution in [0.4, 0.5) is 0 Å². The Morgan fingerprint density at radius 2 is 0.979 bits per heavy atom. The molecule has 3 heterocycles. The predicted octanol–water partition coefficient (Wildman–Crippen LogP) is -10.4. The van der Waals surface area contributed by atoms with Crippen molar-refractivity contribution < 1.29 is 87.2 Å². The monoisotopic (exact) mass is 730 g/mol. The first-order chi connectivity index (χ1) is 21.8. The molecule has 4 fully saturated rings. The Labute approximate surface area is 274 Å². The lowest BCUT2D eigenvalue weighted by Crippen LogP contribution is -2.68. The van der Waals surface area contributed by atoms with Gasteiger partial charge in [-0.05, 0) is 6.42 Å². The first kappa shape index (κ1) is 43.2. The summed E-state index contributed by atoms with van der Waals surface area (Å²) in [6.07, 6.45) is -19.8. The quantitative estimate of drug-likeness (QED) is 0.0979. The molecule has 1 saturated carbocycles. The van der Waals surface area contributed by atoms with E-state index in [0.29, 0.717) is 0 Å². The highest BCUT2D eigenvalue weighted by atomic mass is 32.3. The molecule has 4 rings (SSSR count). The van der Waals surface area contributed by atoms with Crippen LogP contribution in [0, 0.1) is 0 Å². The third-order valence-electron chi connectivity index (χ3n) is 8.37. The Bertz CT molecular complexity index is 1080. The molecule has 0 aromatic rings. The van der Waals surface area contributed by atoms with E-state index in [1.807, 2.05) is 0 Å². The van der Waals surface area contributed by atoms with Crippen molar-refractivity contribution >= 4 is 10.4 Å². The fourth-order valence-electron chi connectivity index (χ4n) is 5.74. The van der Waals surface area contributed by atoms with Gasteiger partial charge in [0.25, 0.3) is 0 Å². The van der Waals surface area contributed by atoms with E-state index < -0.39 is 133 Å². The largest absolute Gasteiger partial charge is 0.412 e.